The predicted octanol–water partition coefficient (Wildman–Crippen LogP) is 6.03. The summed E-state index contributed by atoms with van der Waals surface area (Å²) < 4.78 is 0. The molecule has 5 rings (SSSR count). The fraction of sp³-hybridized carbons (Fsp3) is 0.419. The molecule has 1 nitrogen and oxygen atoms in total. The SMILES string of the molecule is CN(C)c1cc2cc(c1)C(C)(C)c1cccc3c1B(C(C)(C)C)c1c(cccc1C2(C)C)C3. The standard InChI is InChI=1S/C31H38BN/c1-29(2,3)32-27-20-12-10-14-25(27)30(4,5)22-17-23(19-24(18-22)33(8)9)31(6,7)26-15-11-13-21(16-20)28(26)32/h10-15,17-19H,16H2,1-9H3. The van der Waals surface area contributed by atoms with Gasteiger partial charge in [0.2, 0.25) is 6.71 Å². The van der Waals surface area contributed by atoms with Crippen LogP contribution in [-0.2, 0) is 17.3 Å². The maximum absolute atomic E-state index is 2.49. The minimum absolute atomic E-state index is 0.0878. The van der Waals surface area contributed by atoms with Gasteiger partial charge in [0.25, 0.3) is 0 Å². The van der Waals surface area contributed by atoms with Crippen LogP contribution in [0.25, 0.3) is 0 Å². The van der Waals surface area contributed by atoms with Crippen LogP contribution in [0.2, 0.25) is 5.31 Å². The third kappa shape index (κ3) is 3.21. The van der Waals surface area contributed by atoms with E-state index in [0.29, 0.717) is 6.71 Å². The molecule has 0 amide bonds. The van der Waals surface area contributed by atoms with Gasteiger partial charge < -0.3 is 4.90 Å². The molecule has 0 saturated heterocycles. The molecule has 4 bridgehead atoms. The normalized spacial score (nSPS) is 17.5. The van der Waals surface area contributed by atoms with Crippen LogP contribution in [0.15, 0.2) is 54.6 Å². The first-order valence-electron chi connectivity index (χ1n) is 12.4. The Morgan fingerprint density at radius 3 is 1.58 bits per heavy atom. The molecule has 3 aromatic carbocycles. The van der Waals surface area contributed by atoms with E-state index in [9.17, 15) is 0 Å². The lowest BCUT2D eigenvalue weighted by atomic mass is 9.24. The van der Waals surface area contributed by atoms with Crippen molar-refractivity contribution in [1.29, 1.82) is 0 Å². The van der Waals surface area contributed by atoms with Gasteiger partial charge in [0.15, 0.2) is 0 Å². The fourth-order valence-corrected chi connectivity index (χ4v) is 6.42. The summed E-state index contributed by atoms with van der Waals surface area (Å²) in [5, 5.41) is 0.115. The second kappa shape index (κ2) is 7.01. The Kier molecular flexibility index (Phi) is 4.74. The van der Waals surface area contributed by atoms with Gasteiger partial charge in [0, 0.05) is 30.6 Å². The van der Waals surface area contributed by atoms with E-state index >= 15 is 0 Å². The van der Waals surface area contributed by atoms with Crippen molar-refractivity contribution in [1.82, 2.24) is 0 Å². The molecule has 2 heteroatoms. The zero-order valence-electron chi connectivity index (χ0n) is 21.9. The van der Waals surface area contributed by atoms with Gasteiger partial charge in [0.05, 0.1) is 0 Å². The highest BCUT2D eigenvalue weighted by Gasteiger charge is 2.45. The fourth-order valence-electron chi connectivity index (χ4n) is 6.42. The summed E-state index contributed by atoms with van der Waals surface area (Å²) in [6, 6.07) is 21.4. The highest BCUT2D eigenvalue weighted by Crippen LogP contribution is 2.43. The average molecular weight is 435 g/mol. The van der Waals surface area contributed by atoms with Crippen LogP contribution >= 0.6 is 0 Å². The summed E-state index contributed by atoms with van der Waals surface area (Å²) in [4.78, 5) is 2.25. The summed E-state index contributed by atoms with van der Waals surface area (Å²) in [6.45, 7) is 17.4. The van der Waals surface area contributed by atoms with Gasteiger partial charge in [-0.3, -0.25) is 0 Å². The number of benzene rings is 3. The molecule has 0 N–H and O–H groups in total. The Bertz CT molecular complexity index is 1170. The molecule has 0 aromatic heterocycles. The van der Waals surface area contributed by atoms with Gasteiger partial charge in [-0.25, -0.2) is 0 Å². The van der Waals surface area contributed by atoms with Crippen LogP contribution in [0, 0.1) is 0 Å². The Labute approximate surface area is 201 Å². The van der Waals surface area contributed by atoms with Crippen LogP contribution in [0.1, 0.15) is 81.8 Å². The van der Waals surface area contributed by atoms with E-state index in [-0.39, 0.29) is 16.1 Å². The molecule has 0 atom stereocenters. The Balaban J connectivity index is 2.00. The summed E-state index contributed by atoms with van der Waals surface area (Å²) in [7, 11) is 4.32. The molecule has 33 heavy (non-hydrogen) atoms. The van der Waals surface area contributed by atoms with E-state index in [1.807, 2.05) is 0 Å². The molecule has 0 spiro atoms. The van der Waals surface area contributed by atoms with Crippen molar-refractivity contribution in [3.63, 3.8) is 0 Å². The molecule has 170 valence electrons. The first-order valence-corrected chi connectivity index (χ1v) is 12.4. The number of nitrogens with zero attached hydrogens (tertiary/aromatic N) is 1. The smallest absolute Gasteiger partial charge is 0.216 e. The van der Waals surface area contributed by atoms with Gasteiger partial charge >= 0.3 is 0 Å². The number of fused-ring (bicyclic) bond motifs is 2. The van der Waals surface area contributed by atoms with Gasteiger partial charge in [-0.2, -0.15) is 0 Å². The maximum atomic E-state index is 2.49. The largest absolute Gasteiger partial charge is 0.378 e. The summed E-state index contributed by atoms with van der Waals surface area (Å²) >= 11 is 0. The third-order valence-corrected chi connectivity index (χ3v) is 8.44. The van der Waals surface area contributed by atoms with Crippen molar-refractivity contribution in [3.8, 4) is 0 Å². The second-order valence-electron chi connectivity index (χ2n) is 12.6. The van der Waals surface area contributed by atoms with Gasteiger partial charge in [0.1, 0.15) is 0 Å². The first-order chi connectivity index (χ1) is 15.3. The van der Waals surface area contributed by atoms with Crippen LogP contribution in [-0.4, -0.2) is 20.8 Å². The molecule has 2 aliphatic heterocycles. The monoisotopic (exact) mass is 435 g/mol. The lowest BCUT2D eigenvalue weighted by Crippen LogP contribution is -2.59. The van der Waals surface area contributed by atoms with Crippen LogP contribution in [0.5, 0.6) is 0 Å². The highest BCUT2D eigenvalue weighted by molar-refractivity contribution is 6.89. The predicted molar refractivity (Wildman–Crippen MR) is 145 cm³/mol. The first kappa shape index (κ1) is 22.3. The van der Waals surface area contributed by atoms with Crippen molar-refractivity contribution in [2.24, 2.45) is 0 Å². The summed E-state index contributed by atoms with van der Waals surface area (Å²) in [5.41, 5.74) is 13.1. The molecule has 0 unspecified atom stereocenters. The minimum Gasteiger partial charge on any atom is -0.378 e. The van der Waals surface area contributed by atoms with Crippen molar-refractivity contribution in [3.05, 3.63) is 88.0 Å². The van der Waals surface area contributed by atoms with E-state index in [0.717, 1.165) is 6.42 Å². The van der Waals surface area contributed by atoms with E-state index in [4.69, 9.17) is 0 Å². The van der Waals surface area contributed by atoms with E-state index < -0.39 is 0 Å². The summed E-state index contributed by atoms with van der Waals surface area (Å²) in [5.74, 6) is 0. The molecule has 2 aliphatic rings. The maximum Gasteiger partial charge on any atom is 0.216 e. The second-order valence-corrected chi connectivity index (χ2v) is 12.6. The third-order valence-electron chi connectivity index (χ3n) is 8.44. The molecule has 0 aliphatic carbocycles. The lowest BCUT2D eigenvalue weighted by Gasteiger charge is -2.44. The highest BCUT2D eigenvalue weighted by atomic mass is 15.1. The molecule has 3 aromatic rings. The molecule has 0 radical (unpaired) electrons. The Morgan fingerprint density at radius 2 is 1.18 bits per heavy atom. The minimum atomic E-state index is -0.0878. The molecular weight excluding hydrogens is 397 g/mol. The van der Waals surface area contributed by atoms with Gasteiger partial charge in [-0.15, -0.1) is 0 Å². The van der Waals surface area contributed by atoms with Gasteiger partial charge in [-0.1, -0.05) is 107 Å². The number of anilines is 1. The lowest BCUT2D eigenvalue weighted by molar-refractivity contribution is 0.616. The molecule has 0 fully saturated rings. The summed E-state index contributed by atoms with van der Waals surface area (Å²) in [6.07, 6.45) is 1.03. The van der Waals surface area contributed by atoms with Crippen molar-refractivity contribution < 1.29 is 0 Å². The Morgan fingerprint density at radius 1 is 0.727 bits per heavy atom. The van der Waals surface area contributed by atoms with Crippen molar-refractivity contribution in [2.75, 3.05) is 19.0 Å². The molecule has 2 heterocycles. The van der Waals surface area contributed by atoms with E-state index in [2.05, 4.69) is 122 Å². The number of rotatable bonds is 1. The Hall–Kier alpha value is -2.48. The zero-order valence-corrected chi connectivity index (χ0v) is 21.9. The van der Waals surface area contributed by atoms with Gasteiger partial charge in [-0.05, 0) is 51.9 Å². The topological polar surface area (TPSA) is 3.24 Å². The average Bonchev–Trinajstić information content (AvgIpc) is 2.74. The van der Waals surface area contributed by atoms with E-state index in [1.54, 1.807) is 10.9 Å². The van der Waals surface area contributed by atoms with Crippen LogP contribution in [0.3, 0.4) is 0 Å². The number of hydrogen-bond donors (Lipinski definition) is 0. The van der Waals surface area contributed by atoms with E-state index in [1.165, 1.54) is 39.1 Å². The van der Waals surface area contributed by atoms with Crippen molar-refractivity contribution >= 4 is 23.3 Å². The van der Waals surface area contributed by atoms with Crippen molar-refractivity contribution in [2.45, 2.75) is 71.0 Å². The zero-order chi connectivity index (χ0) is 23.9. The van der Waals surface area contributed by atoms with Crippen LogP contribution in [0.4, 0.5) is 5.69 Å². The van der Waals surface area contributed by atoms with Crippen LogP contribution < -0.4 is 15.8 Å². The molecule has 0 saturated carbocycles. The number of hydrogen-bond acceptors (Lipinski definition) is 1. The molecular formula is C31H38BN. The quantitative estimate of drug-likeness (QED) is 0.422.